The van der Waals surface area contributed by atoms with Gasteiger partial charge in [0, 0.05) is 6.20 Å². The van der Waals surface area contributed by atoms with Gasteiger partial charge in [0.15, 0.2) is 0 Å². The van der Waals surface area contributed by atoms with Crippen molar-refractivity contribution in [3.05, 3.63) is 30.1 Å². The van der Waals surface area contributed by atoms with E-state index in [9.17, 15) is 9.90 Å². The molecule has 0 saturated heterocycles. The van der Waals surface area contributed by atoms with Gasteiger partial charge in [-0.25, -0.2) is 0 Å². The Morgan fingerprint density at radius 3 is 2.69 bits per heavy atom. The second kappa shape index (κ2) is 3.97. The molecule has 4 N–H and O–H groups in total. The number of rotatable bonds is 3. The van der Waals surface area contributed by atoms with E-state index in [4.69, 9.17) is 10.8 Å². The molecule has 1 aromatic heterocycles. The van der Waals surface area contributed by atoms with Crippen molar-refractivity contribution in [1.82, 2.24) is 4.98 Å². The predicted molar refractivity (Wildman–Crippen MR) is 44.8 cm³/mol. The van der Waals surface area contributed by atoms with Gasteiger partial charge in [0.05, 0.1) is 5.69 Å². The molecular formula is C8H10N2O3. The quantitative estimate of drug-likeness (QED) is 0.587. The maximum absolute atomic E-state index is 10.4. The monoisotopic (exact) mass is 182 g/mol. The molecule has 0 radical (unpaired) electrons. The van der Waals surface area contributed by atoms with Gasteiger partial charge < -0.3 is 15.9 Å². The molecule has 0 aromatic carbocycles. The lowest BCUT2D eigenvalue weighted by atomic mass is 10.1. The van der Waals surface area contributed by atoms with E-state index in [-0.39, 0.29) is 5.69 Å². The van der Waals surface area contributed by atoms with E-state index < -0.39 is 18.1 Å². The van der Waals surface area contributed by atoms with Crippen LogP contribution in [0.4, 0.5) is 0 Å². The summed E-state index contributed by atoms with van der Waals surface area (Å²) < 4.78 is 0. The molecular weight excluding hydrogens is 172 g/mol. The maximum atomic E-state index is 10.4. The van der Waals surface area contributed by atoms with Gasteiger partial charge in [-0.2, -0.15) is 0 Å². The van der Waals surface area contributed by atoms with Crippen LogP contribution in [0.15, 0.2) is 24.4 Å². The third-order valence-corrected chi connectivity index (χ3v) is 1.62. The maximum Gasteiger partial charge on any atom is 0.323 e. The summed E-state index contributed by atoms with van der Waals surface area (Å²) in [5.41, 5.74) is 5.46. The van der Waals surface area contributed by atoms with Crippen LogP contribution in [-0.2, 0) is 4.79 Å². The number of carboxylic acids is 1. The fourth-order valence-corrected chi connectivity index (χ4v) is 0.870. The van der Waals surface area contributed by atoms with Crippen LogP contribution in [0.1, 0.15) is 11.8 Å². The predicted octanol–water partition coefficient (Wildman–Crippen LogP) is -0.473. The summed E-state index contributed by atoms with van der Waals surface area (Å²) in [5.74, 6) is -1.25. The molecule has 70 valence electrons. The summed E-state index contributed by atoms with van der Waals surface area (Å²) in [6.45, 7) is 0. The Bertz CT molecular complexity index is 289. The second-order valence-electron chi connectivity index (χ2n) is 2.56. The van der Waals surface area contributed by atoms with Crippen molar-refractivity contribution in [1.29, 1.82) is 0 Å². The van der Waals surface area contributed by atoms with Crippen LogP contribution in [0, 0.1) is 0 Å². The number of nitrogens with two attached hydrogens (primary N) is 1. The van der Waals surface area contributed by atoms with Gasteiger partial charge in [0.2, 0.25) is 0 Å². The van der Waals surface area contributed by atoms with Gasteiger partial charge in [0.1, 0.15) is 12.1 Å². The molecule has 2 atom stereocenters. The lowest BCUT2D eigenvalue weighted by Gasteiger charge is -2.13. The Hall–Kier alpha value is -1.46. The van der Waals surface area contributed by atoms with E-state index in [2.05, 4.69) is 4.98 Å². The van der Waals surface area contributed by atoms with Gasteiger partial charge in [-0.05, 0) is 12.1 Å². The third kappa shape index (κ3) is 2.24. The van der Waals surface area contributed by atoms with Gasteiger partial charge in [-0.1, -0.05) is 6.07 Å². The molecule has 1 aromatic rings. The first kappa shape index (κ1) is 9.63. The number of aliphatic carboxylic acids is 1. The van der Waals surface area contributed by atoms with Crippen LogP contribution in [0.25, 0.3) is 0 Å². The molecule has 0 aliphatic carbocycles. The summed E-state index contributed by atoms with van der Waals surface area (Å²) >= 11 is 0. The van der Waals surface area contributed by atoms with Crippen LogP contribution in [-0.4, -0.2) is 27.2 Å². The summed E-state index contributed by atoms with van der Waals surface area (Å²) in [6, 6.07) is 3.51. The number of hydrogen-bond donors (Lipinski definition) is 3. The number of aliphatic hydroxyl groups excluding tert-OH is 1. The lowest BCUT2D eigenvalue weighted by Crippen LogP contribution is -2.36. The normalized spacial score (nSPS) is 14.9. The van der Waals surface area contributed by atoms with Gasteiger partial charge in [-0.15, -0.1) is 0 Å². The van der Waals surface area contributed by atoms with E-state index in [0.717, 1.165) is 0 Å². The molecule has 0 spiro atoms. The van der Waals surface area contributed by atoms with Gasteiger partial charge in [-0.3, -0.25) is 9.78 Å². The first-order valence-corrected chi connectivity index (χ1v) is 3.70. The van der Waals surface area contributed by atoms with Crippen molar-refractivity contribution in [2.45, 2.75) is 12.1 Å². The molecule has 0 fully saturated rings. The molecule has 1 heterocycles. The number of carboxylic acid groups (broad SMARTS) is 1. The molecule has 0 saturated carbocycles. The first-order valence-electron chi connectivity index (χ1n) is 3.70. The Kier molecular flexibility index (Phi) is 2.94. The molecule has 1 rings (SSSR count). The molecule has 0 unspecified atom stereocenters. The van der Waals surface area contributed by atoms with E-state index in [1.54, 1.807) is 12.1 Å². The Morgan fingerprint density at radius 1 is 1.54 bits per heavy atom. The Labute approximate surface area is 74.8 Å². The first-order chi connectivity index (χ1) is 6.13. The summed E-state index contributed by atoms with van der Waals surface area (Å²) in [7, 11) is 0. The number of carbonyl (C=O) groups is 1. The van der Waals surface area contributed by atoms with Crippen LogP contribution in [0.5, 0.6) is 0 Å². The standard InChI is InChI=1S/C8H10N2O3/c9-6(8(12)13)7(11)5-3-1-2-4-10-5/h1-4,6-7,11H,9H2,(H,12,13)/t6-,7-/m0/s1. The highest BCUT2D eigenvalue weighted by Crippen LogP contribution is 2.11. The topological polar surface area (TPSA) is 96.4 Å². The molecule has 0 amide bonds. The zero-order chi connectivity index (χ0) is 9.84. The molecule has 5 nitrogen and oxygen atoms in total. The minimum Gasteiger partial charge on any atom is -0.480 e. The summed E-state index contributed by atoms with van der Waals surface area (Å²) in [6.07, 6.45) is 0.200. The minimum atomic E-state index is -1.34. The van der Waals surface area contributed by atoms with E-state index in [0.29, 0.717) is 0 Å². The fraction of sp³-hybridized carbons (Fsp3) is 0.250. The van der Waals surface area contributed by atoms with E-state index in [1.165, 1.54) is 12.3 Å². The van der Waals surface area contributed by atoms with Crippen molar-refractivity contribution in [3.8, 4) is 0 Å². The molecule has 0 aliphatic heterocycles. The Morgan fingerprint density at radius 2 is 2.23 bits per heavy atom. The summed E-state index contributed by atoms with van der Waals surface area (Å²) in [4.78, 5) is 14.2. The SMILES string of the molecule is N[C@H](C(=O)O)[C@@H](O)c1ccccn1. The minimum absolute atomic E-state index is 0.261. The average Bonchev–Trinajstić information content (AvgIpc) is 2.17. The number of hydrogen-bond acceptors (Lipinski definition) is 4. The van der Waals surface area contributed by atoms with Crippen molar-refractivity contribution in [2.75, 3.05) is 0 Å². The van der Waals surface area contributed by atoms with Crippen LogP contribution in [0.3, 0.4) is 0 Å². The highest BCUT2D eigenvalue weighted by Gasteiger charge is 2.23. The zero-order valence-electron chi connectivity index (χ0n) is 6.79. The molecule has 13 heavy (non-hydrogen) atoms. The second-order valence-corrected chi connectivity index (χ2v) is 2.56. The van der Waals surface area contributed by atoms with Crippen LogP contribution >= 0.6 is 0 Å². The van der Waals surface area contributed by atoms with Crippen molar-refractivity contribution in [2.24, 2.45) is 5.73 Å². The molecule has 0 aliphatic rings. The van der Waals surface area contributed by atoms with Crippen molar-refractivity contribution in [3.63, 3.8) is 0 Å². The third-order valence-electron chi connectivity index (χ3n) is 1.62. The molecule has 5 heteroatoms. The number of nitrogens with zero attached hydrogens (tertiary/aromatic N) is 1. The van der Waals surface area contributed by atoms with E-state index >= 15 is 0 Å². The van der Waals surface area contributed by atoms with E-state index in [1.807, 2.05) is 0 Å². The largest absolute Gasteiger partial charge is 0.480 e. The smallest absolute Gasteiger partial charge is 0.323 e. The van der Waals surface area contributed by atoms with Crippen molar-refractivity contribution < 1.29 is 15.0 Å². The van der Waals surface area contributed by atoms with Gasteiger partial charge in [0.25, 0.3) is 0 Å². The number of aromatic nitrogens is 1. The zero-order valence-corrected chi connectivity index (χ0v) is 6.79. The van der Waals surface area contributed by atoms with Crippen LogP contribution in [0.2, 0.25) is 0 Å². The van der Waals surface area contributed by atoms with Gasteiger partial charge >= 0.3 is 5.97 Å². The summed E-state index contributed by atoms with van der Waals surface area (Å²) in [5, 5.41) is 17.9. The average molecular weight is 182 g/mol. The lowest BCUT2D eigenvalue weighted by molar-refractivity contribution is -0.141. The highest BCUT2D eigenvalue weighted by atomic mass is 16.4. The highest BCUT2D eigenvalue weighted by molar-refractivity contribution is 5.74. The molecule has 0 bridgehead atoms. The number of aliphatic hydroxyl groups is 1. The fourth-order valence-electron chi connectivity index (χ4n) is 0.870. The van der Waals surface area contributed by atoms with Crippen LogP contribution < -0.4 is 5.73 Å². The Balaban J connectivity index is 2.79. The van der Waals surface area contributed by atoms with Crippen molar-refractivity contribution >= 4 is 5.97 Å². The number of pyridine rings is 1.